The van der Waals surface area contributed by atoms with Crippen LogP contribution in [0.25, 0.3) is 0 Å². The molecule has 0 spiro atoms. The Hall–Kier alpha value is -1.88. The minimum absolute atomic E-state index is 0.215. The molecule has 5 heteroatoms. The first-order valence-corrected chi connectivity index (χ1v) is 6.46. The average molecular weight is 278 g/mol. The molecule has 0 aliphatic carbocycles. The number of esters is 1. The Kier molecular flexibility index (Phi) is 3.81. The van der Waals surface area contributed by atoms with E-state index in [0.29, 0.717) is 12.2 Å². The predicted molar refractivity (Wildman–Crippen MR) is 71.4 cm³/mol. The van der Waals surface area contributed by atoms with Crippen molar-refractivity contribution < 1.29 is 24.2 Å². The van der Waals surface area contributed by atoms with Crippen LogP contribution in [0.1, 0.15) is 31.9 Å². The lowest BCUT2D eigenvalue weighted by Gasteiger charge is -2.23. The molecule has 1 aliphatic rings. The van der Waals surface area contributed by atoms with Crippen molar-refractivity contribution in [2.75, 3.05) is 0 Å². The maximum absolute atomic E-state index is 11.8. The Labute approximate surface area is 117 Å². The quantitative estimate of drug-likeness (QED) is 0.663. The Bertz CT molecular complexity index is 542. The molecule has 0 bridgehead atoms. The summed E-state index contributed by atoms with van der Waals surface area (Å²) in [5.74, 6) is -0.808. The van der Waals surface area contributed by atoms with Crippen LogP contribution in [-0.2, 0) is 27.4 Å². The van der Waals surface area contributed by atoms with Crippen molar-refractivity contribution in [3.05, 3.63) is 29.3 Å². The van der Waals surface area contributed by atoms with Crippen molar-refractivity contribution in [1.29, 1.82) is 0 Å². The Morgan fingerprint density at radius 2 is 2.00 bits per heavy atom. The Morgan fingerprint density at radius 1 is 1.30 bits per heavy atom. The first kappa shape index (κ1) is 14.5. The highest BCUT2D eigenvalue weighted by atomic mass is 16.5. The number of carbonyl (C=O) groups is 2. The zero-order chi connectivity index (χ0) is 14.9. The molecular formula is C15H18O5. The van der Waals surface area contributed by atoms with Gasteiger partial charge in [0.05, 0.1) is 12.0 Å². The number of fused-ring (bicyclic) bond motifs is 1. The second-order valence-electron chi connectivity index (χ2n) is 5.91. The van der Waals surface area contributed by atoms with E-state index in [1.54, 1.807) is 39.0 Å². The van der Waals surface area contributed by atoms with E-state index in [4.69, 9.17) is 14.6 Å². The molecule has 0 fully saturated rings. The first-order chi connectivity index (χ1) is 9.27. The molecule has 0 aromatic heterocycles. The summed E-state index contributed by atoms with van der Waals surface area (Å²) >= 11 is 0. The number of carboxylic acids is 1. The van der Waals surface area contributed by atoms with Gasteiger partial charge in [0.25, 0.3) is 0 Å². The highest BCUT2D eigenvalue weighted by Gasteiger charge is 2.27. The molecule has 0 amide bonds. The molecule has 0 saturated heterocycles. The average Bonchev–Trinajstić information content (AvgIpc) is 2.36. The van der Waals surface area contributed by atoms with Gasteiger partial charge in [0.2, 0.25) is 0 Å². The second kappa shape index (κ2) is 5.25. The van der Waals surface area contributed by atoms with E-state index in [0.717, 1.165) is 11.1 Å². The molecule has 1 heterocycles. The number of benzene rings is 1. The molecule has 5 nitrogen and oxygen atoms in total. The van der Waals surface area contributed by atoms with E-state index in [-0.39, 0.29) is 12.6 Å². The van der Waals surface area contributed by atoms with Crippen LogP contribution in [-0.4, -0.2) is 23.1 Å². The van der Waals surface area contributed by atoms with Gasteiger partial charge in [-0.15, -0.1) is 0 Å². The minimum atomic E-state index is -0.959. The summed E-state index contributed by atoms with van der Waals surface area (Å²) in [4.78, 5) is 22.7. The van der Waals surface area contributed by atoms with Crippen LogP contribution in [0.5, 0.6) is 5.75 Å². The third-order valence-corrected chi connectivity index (χ3v) is 3.12. The van der Waals surface area contributed by atoms with E-state index >= 15 is 0 Å². The fourth-order valence-corrected chi connectivity index (χ4v) is 1.87. The summed E-state index contributed by atoms with van der Waals surface area (Å²) in [6, 6.07) is 5.21. The molecule has 1 atom stereocenters. The van der Waals surface area contributed by atoms with Crippen LogP contribution in [0.15, 0.2) is 18.2 Å². The number of carbonyl (C=O) groups excluding carboxylic acids is 1. The summed E-state index contributed by atoms with van der Waals surface area (Å²) in [5, 5.41) is 8.93. The maximum atomic E-state index is 11.8. The van der Waals surface area contributed by atoms with Crippen molar-refractivity contribution in [2.24, 2.45) is 5.41 Å². The van der Waals surface area contributed by atoms with Crippen molar-refractivity contribution in [2.45, 2.75) is 39.9 Å². The largest absolute Gasteiger partial charge is 0.479 e. The molecule has 108 valence electrons. The van der Waals surface area contributed by atoms with Crippen molar-refractivity contribution in [3.63, 3.8) is 0 Å². The fraction of sp³-hybridized carbons (Fsp3) is 0.467. The molecule has 20 heavy (non-hydrogen) atoms. The van der Waals surface area contributed by atoms with E-state index in [9.17, 15) is 9.59 Å². The van der Waals surface area contributed by atoms with Crippen LogP contribution in [0, 0.1) is 5.41 Å². The van der Waals surface area contributed by atoms with Crippen molar-refractivity contribution >= 4 is 11.9 Å². The van der Waals surface area contributed by atoms with Gasteiger partial charge in [0, 0.05) is 6.42 Å². The SMILES string of the molecule is CC(C)(C)C(=O)Oc1ccc2c(c1)COC(C(=O)O)C2. The van der Waals surface area contributed by atoms with E-state index < -0.39 is 17.5 Å². The number of rotatable bonds is 2. The lowest BCUT2D eigenvalue weighted by molar-refractivity contribution is -0.152. The zero-order valence-electron chi connectivity index (χ0n) is 11.8. The lowest BCUT2D eigenvalue weighted by Crippen LogP contribution is -2.30. The molecule has 1 aromatic carbocycles. The summed E-state index contributed by atoms with van der Waals surface area (Å²) in [6.45, 7) is 5.57. The van der Waals surface area contributed by atoms with Gasteiger partial charge in [-0.1, -0.05) is 6.07 Å². The third kappa shape index (κ3) is 3.17. The van der Waals surface area contributed by atoms with Gasteiger partial charge in [-0.05, 0) is 44.0 Å². The van der Waals surface area contributed by atoms with E-state index in [1.807, 2.05) is 0 Å². The van der Waals surface area contributed by atoms with Crippen LogP contribution in [0.4, 0.5) is 0 Å². The standard InChI is InChI=1S/C15H18O5/c1-15(2,3)14(18)20-11-5-4-9-7-12(13(16)17)19-8-10(9)6-11/h4-6,12H,7-8H2,1-3H3,(H,16,17). The predicted octanol–water partition coefficient (Wildman–Crippen LogP) is 2.16. The Morgan fingerprint density at radius 3 is 2.60 bits per heavy atom. The molecule has 1 N–H and O–H groups in total. The van der Waals surface area contributed by atoms with Crippen LogP contribution in [0.2, 0.25) is 0 Å². The molecule has 0 radical (unpaired) electrons. The Balaban J connectivity index is 2.14. The fourth-order valence-electron chi connectivity index (χ4n) is 1.87. The summed E-state index contributed by atoms with van der Waals surface area (Å²) in [7, 11) is 0. The monoisotopic (exact) mass is 278 g/mol. The van der Waals surface area contributed by atoms with Gasteiger partial charge in [-0.3, -0.25) is 4.79 Å². The zero-order valence-corrected chi connectivity index (χ0v) is 11.8. The number of carboxylic acid groups (broad SMARTS) is 1. The van der Waals surface area contributed by atoms with Gasteiger partial charge >= 0.3 is 11.9 Å². The summed E-state index contributed by atoms with van der Waals surface area (Å²) < 4.78 is 10.6. The smallest absolute Gasteiger partial charge is 0.333 e. The summed E-state index contributed by atoms with van der Waals surface area (Å²) in [6.07, 6.45) is -0.469. The van der Waals surface area contributed by atoms with Crippen LogP contribution >= 0.6 is 0 Å². The molecule has 1 aromatic rings. The third-order valence-electron chi connectivity index (χ3n) is 3.12. The van der Waals surface area contributed by atoms with E-state index in [2.05, 4.69) is 0 Å². The number of ether oxygens (including phenoxy) is 2. The molecule has 0 saturated carbocycles. The van der Waals surface area contributed by atoms with Gasteiger partial charge in [0.15, 0.2) is 6.10 Å². The topological polar surface area (TPSA) is 72.8 Å². The van der Waals surface area contributed by atoms with Crippen molar-refractivity contribution in [1.82, 2.24) is 0 Å². The van der Waals surface area contributed by atoms with Gasteiger partial charge < -0.3 is 14.6 Å². The lowest BCUT2D eigenvalue weighted by atomic mass is 9.97. The van der Waals surface area contributed by atoms with Crippen LogP contribution < -0.4 is 4.74 Å². The number of hydrogen-bond donors (Lipinski definition) is 1. The summed E-state index contributed by atoms with van der Waals surface area (Å²) in [5.41, 5.74) is 1.21. The van der Waals surface area contributed by atoms with Crippen LogP contribution in [0.3, 0.4) is 0 Å². The highest BCUT2D eigenvalue weighted by Crippen LogP contribution is 2.26. The molecular weight excluding hydrogens is 260 g/mol. The number of hydrogen-bond acceptors (Lipinski definition) is 4. The van der Waals surface area contributed by atoms with Crippen molar-refractivity contribution in [3.8, 4) is 5.75 Å². The minimum Gasteiger partial charge on any atom is -0.479 e. The van der Waals surface area contributed by atoms with E-state index in [1.165, 1.54) is 0 Å². The maximum Gasteiger partial charge on any atom is 0.333 e. The molecule has 1 unspecified atom stereocenters. The second-order valence-corrected chi connectivity index (χ2v) is 5.91. The molecule has 2 rings (SSSR count). The highest BCUT2D eigenvalue weighted by molar-refractivity contribution is 5.78. The first-order valence-electron chi connectivity index (χ1n) is 6.46. The number of aliphatic carboxylic acids is 1. The van der Waals surface area contributed by atoms with Gasteiger partial charge in [0.1, 0.15) is 5.75 Å². The van der Waals surface area contributed by atoms with Gasteiger partial charge in [-0.25, -0.2) is 4.79 Å². The molecule has 1 aliphatic heterocycles. The normalized spacial score (nSPS) is 18.2. The van der Waals surface area contributed by atoms with Gasteiger partial charge in [-0.2, -0.15) is 0 Å².